The molecule has 1 heterocycles. The maximum Gasteiger partial charge on any atom is 0.0504 e. The number of halogens is 1. The third kappa shape index (κ3) is 3.37. The fraction of sp³-hybridized carbons (Fsp3) is 0.500. The highest BCUT2D eigenvalue weighted by Crippen LogP contribution is 2.24. The molecule has 1 aliphatic rings. The van der Waals surface area contributed by atoms with Crippen LogP contribution in [0.15, 0.2) is 35.4 Å². The van der Waals surface area contributed by atoms with Gasteiger partial charge in [0, 0.05) is 31.1 Å². The van der Waals surface area contributed by atoms with Crippen LogP contribution in [0.25, 0.3) is 10.4 Å². The smallest absolute Gasteiger partial charge is 0.0504 e. The zero-order valence-corrected chi connectivity index (χ0v) is 10.3. The largest absolute Gasteiger partial charge is 0.297 e. The summed E-state index contributed by atoms with van der Waals surface area (Å²) < 4.78 is 0. The topological polar surface area (TPSA) is 52.0 Å². The molecule has 0 aromatic heterocycles. The van der Waals surface area contributed by atoms with Gasteiger partial charge in [0.25, 0.3) is 0 Å². The molecular weight excluding hydrogens is 236 g/mol. The molecule has 1 aromatic rings. The summed E-state index contributed by atoms with van der Waals surface area (Å²) in [4.78, 5) is 5.10. The van der Waals surface area contributed by atoms with Crippen LogP contribution in [0, 0.1) is 5.92 Å². The van der Waals surface area contributed by atoms with Crippen LogP contribution in [-0.4, -0.2) is 29.9 Å². The molecule has 1 aliphatic heterocycles. The molecule has 0 unspecified atom stereocenters. The number of hydrogen-bond acceptors (Lipinski definition) is 2. The lowest BCUT2D eigenvalue weighted by molar-refractivity contribution is 0.318. The number of likely N-dealkylation sites (tertiary alicyclic amines) is 1. The van der Waals surface area contributed by atoms with Crippen LogP contribution in [0.4, 0.5) is 0 Å². The molecule has 0 aliphatic carbocycles. The Kier molecular flexibility index (Phi) is 4.26. The standard InChI is InChI=1S/C12H15ClN4/c13-12-9-17(8-11(12)6-15-16-14)7-10-4-2-1-3-5-10/h1-5,11-12H,6-9H2/t11-,12+/m1/s1. The second kappa shape index (κ2) is 5.92. The number of rotatable bonds is 4. The first-order valence-corrected chi connectivity index (χ1v) is 6.14. The molecule has 0 saturated carbocycles. The molecule has 4 nitrogen and oxygen atoms in total. The lowest BCUT2D eigenvalue weighted by Crippen LogP contribution is -2.20. The second-order valence-corrected chi connectivity index (χ2v) is 4.93. The van der Waals surface area contributed by atoms with Crippen molar-refractivity contribution in [1.29, 1.82) is 0 Å². The summed E-state index contributed by atoms with van der Waals surface area (Å²) >= 11 is 6.25. The Morgan fingerprint density at radius 2 is 2.12 bits per heavy atom. The molecule has 0 N–H and O–H groups in total. The maximum absolute atomic E-state index is 8.32. The minimum absolute atomic E-state index is 0.0872. The van der Waals surface area contributed by atoms with Gasteiger partial charge in [-0.05, 0) is 17.0 Å². The van der Waals surface area contributed by atoms with Crippen molar-refractivity contribution < 1.29 is 0 Å². The van der Waals surface area contributed by atoms with Crippen LogP contribution in [0.2, 0.25) is 0 Å². The van der Waals surface area contributed by atoms with E-state index in [1.54, 1.807) is 0 Å². The predicted molar refractivity (Wildman–Crippen MR) is 68.9 cm³/mol. The Bertz CT molecular complexity index is 402. The van der Waals surface area contributed by atoms with Crippen LogP contribution >= 0.6 is 11.6 Å². The van der Waals surface area contributed by atoms with Gasteiger partial charge in [-0.2, -0.15) is 0 Å². The Hall–Kier alpha value is -1.22. The van der Waals surface area contributed by atoms with Gasteiger partial charge in [-0.15, -0.1) is 11.6 Å². The molecule has 1 saturated heterocycles. The molecule has 0 bridgehead atoms. The predicted octanol–water partition coefficient (Wildman–Crippen LogP) is 3.04. The Morgan fingerprint density at radius 1 is 1.35 bits per heavy atom. The average Bonchev–Trinajstić information content (AvgIpc) is 2.68. The fourth-order valence-corrected chi connectivity index (χ4v) is 2.56. The van der Waals surface area contributed by atoms with Crippen molar-refractivity contribution in [2.75, 3.05) is 19.6 Å². The van der Waals surface area contributed by atoms with Gasteiger partial charge in [-0.1, -0.05) is 35.4 Å². The first-order chi connectivity index (χ1) is 8.29. The van der Waals surface area contributed by atoms with E-state index in [0.717, 1.165) is 19.6 Å². The van der Waals surface area contributed by atoms with Crippen molar-refractivity contribution >= 4 is 11.6 Å². The van der Waals surface area contributed by atoms with E-state index in [0.29, 0.717) is 6.54 Å². The van der Waals surface area contributed by atoms with Gasteiger partial charge in [0.15, 0.2) is 0 Å². The SMILES string of the molecule is [N-]=[N+]=NC[C@@H]1CN(Cc2ccccc2)C[C@@H]1Cl. The molecule has 17 heavy (non-hydrogen) atoms. The van der Waals surface area contributed by atoms with Crippen LogP contribution in [0.3, 0.4) is 0 Å². The van der Waals surface area contributed by atoms with E-state index < -0.39 is 0 Å². The highest BCUT2D eigenvalue weighted by Gasteiger charge is 2.30. The Morgan fingerprint density at radius 3 is 2.82 bits per heavy atom. The van der Waals surface area contributed by atoms with Crippen molar-refractivity contribution in [3.8, 4) is 0 Å². The van der Waals surface area contributed by atoms with Crippen LogP contribution in [0.5, 0.6) is 0 Å². The van der Waals surface area contributed by atoms with Crippen molar-refractivity contribution in [2.45, 2.75) is 11.9 Å². The van der Waals surface area contributed by atoms with Gasteiger partial charge >= 0.3 is 0 Å². The minimum Gasteiger partial charge on any atom is -0.297 e. The van der Waals surface area contributed by atoms with Gasteiger partial charge in [-0.3, -0.25) is 4.90 Å². The average molecular weight is 251 g/mol. The van der Waals surface area contributed by atoms with Crippen LogP contribution in [-0.2, 0) is 6.54 Å². The molecular formula is C12H15ClN4. The molecule has 0 spiro atoms. The quantitative estimate of drug-likeness (QED) is 0.351. The molecule has 90 valence electrons. The summed E-state index contributed by atoms with van der Waals surface area (Å²) in [5, 5.41) is 3.70. The normalized spacial score (nSPS) is 24.5. The van der Waals surface area contributed by atoms with Gasteiger partial charge in [0.2, 0.25) is 0 Å². The third-order valence-corrected chi connectivity index (χ3v) is 3.56. The zero-order valence-electron chi connectivity index (χ0n) is 9.54. The van der Waals surface area contributed by atoms with Gasteiger partial charge in [-0.25, -0.2) is 0 Å². The van der Waals surface area contributed by atoms with Gasteiger partial charge in [0.05, 0.1) is 5.38 Å². The molecule has 2 atom stereocenters. The first kappa shape index (κ1) is 12.2. The first-order valence-electron chi connectivity index (χ1n) is 5.71. The number of azide groups is 1. The Labute approximate surface area is 106 Å². The summed E-state index contributed by atoms with van der Waals surface area (Å²) in [5.74, 6) is 0.274. The van der Waals surface area contributed by atoms with Crippen molar-refractivity contribution in [3.63, 3.8) is 0 Å². The summed E-state index contributed by atoms with van der Waals surface area (Å²) in [6.45, 7) is 3.18. The molecule has 5 heteroatoms. The van der Waals surface area contributed by atoms with E-state index in [9.17, 15) is 0 Å². The lowest BCUT2D eigenvalue weighted by Gasteiger charge is -2.15. The Balaban J connectivity index is 1.90. The fourth-order valence-electron chi connectivity index (χ4n) is 2.20. The number of benzene rings is 1. The van der Waals surface area contributed by atoms with E-state index in [-0.39, 0.29) is 11.3 Å². The van der Waals surface area contributed by atoms with Crippen LogP contribution in [0.1, 0.15) is 5.56 Å². The molecule has 0 radical (unpaired) electrons. The van der Waals surface area contributed by atoms with E-state index >= 15 is 0 Å². The van der Waals surface area contributed by atoms with Crippen molar-refractivity contribution in [3.05, 3.63) is 46.3 Å². The molecule has 1 aromatic carbocycles. The highest BCUT2D eigenvalue weighted by atomic mass is 35.5. The summed E-state index contributed by atoms with van der Waals surface area (Å²) in [5.41, 5.74) is 9.61. The zero-order chi connectivity index (χ0) is 12.1. The maximum atomic E-state index is 8.32. The monoisotopic (exact) mass is 250 g/mol. The minimum atomic E-state index is 0.0872. The summed E-state index contributed by atoms with van der Waals surface area (Å²) in [6, 6.07) is 10.3. The molecule has 1 fully saturated rings. The molecule has 0 amide bonds. The third-order valence-electron chi connectivity index (χ3n) is 3.07. The van der Waals surface area contributed by atoms with E-state index in [4.69, 9.17) is 17.1 Å². The molecule has 2 rings (SSSR count). The van der Waals surface area contributed by atoms with Gasteiger partial charge in [0.1, 0.15) is 0 Å². The van der Waals surface area contributed by atoms with Gasteiger partial charge < -0.3 is 0 Å². The second-order valence-electron chi connectivity index (χ2n) is 4.37. The highest BCUT2D eigenvalue weighted by molar-refractivity contribution is 6.21. The van der Waals surface area contributed by atoms with E-state index in [1.165, 1.54) is 5.56 Å². The van der Waals surface area contributed by atoms with Crippen LogP contribution < -0.4 is 0 Å². The lowest BCUT2D eigenvalue weighted by atomic mass is 10.1. The van der Waals surface area contributed by atoms with E-state index in [2.05, 4.69) is 27.1 Å². The van der Waals surface area contributed by atoms with E-state index in [1.807, 2.05) is 18.2 Å². The van der Waals surface area contributed by atoms with Crippen molar-refractivity contribution in [1.82, 2.24) is 4.90 Å². The summed E-state index contributed by atoms with van der Waals surface area (Å²) in [6.07, 6.45) is 0. The summed E-state index contributed by atoms with van der Waals surface area (Å²) in [7, 11) is 0. The number of nitrogens with zero attached hydrogens (tertiary/aromatic N) is 4. The number of alkyl halides is 1. The number of hydrogen-bond donors (Lipinski definition) is 0. The van der Waals surface area contributed by atoms with Crippen molar-refractivity contribution in [2.24, 2.45) is 11.0 Å².